The van der Waals surface area contributed by atoms with Gasteiger partial charge < -0.3 is 15.1 Å². The highest BCUT2D eigenvalue weighted by Crippen LogP contribution is 2.43. The summed E-state index contributed by atoms with van der Waals surface area (Å²) in [5.74, 6) is 0.494. The Labute approximate surface area is 156 Å². The molecule has 4 atom stereocenters. The molecule has 0 aromatic rings. The van der Waals surface area contributed by atoms with Crippen molar-refractivity contribution in [2.24, 2.45) is 11.3 Å². The first-order chi connectivity index (χ1) is 12.4. The molecule has 3 rings (SSSR count). The van der Waals surface area contributed by atoms with Gasteiger partial charge in [0.15, 0.2) is 0 Å². The summed E-state index contributed by atoms with van der Waals surface area (Å²) in [6.07, 6.45) is 5.33. The van der Waals surface area contributed by atoms with Crippen molar-refractivity contribution >= 4 is 5.91 Å². The van der Waals surface area contributed by atoms with Crippen LogP contribution < -0.4 is 5.32 Å². The molecule has 0 unspecified atom stereocenters. The fraction of sp³-hybridized carbons (Fsp3) is 0.900. The van der Waals surface area contributed by atoms with Crippen LogP contribution >= 0.6 is 0 Å². The third-order valence-corrected chi connectivity index (χ3v) is 6.90. The zero-order valence-corrected chi connectivity index (χ0v) is 16.2. The van der Waals surface area contributed by atoms with Gasteiger partial charge in [-0.2, -0.15) is 5.26 Å². The largest absolute Gasteiger partial charge is 0.323 e. The van der Waals surface area contributed by atoms with Crippen LogP contribution in [0, 0.1) is 22.7 Å². The number of hydrogen-bond donors (Lipinski definition) is 1. The first kappa shape index (κ1) is 19.6. The lowest BCUT2D eigenvalue weighted by Gasteiger charge is -2.38. The number of nitrogens with zero attached hydrogens (tertiary/aromatic N) is 3. The minimum atomic E-state index is -1.07. The molecule has 0 bridgehead atoms. The van der Waals surface area contributed by atoms with Crippen molar-refractivity contribution < 1.29 is 9.18 Å². The number of rotatable bonds is 5. The van der Waals surface area contributed by atoms with Gasteiger partial charge in [-0.05, 0) is 50.1 Å². The van der Waals surface area contributed by atoms with E-state index in [1.165, 1.54) is 43.7 Å². The summed E-state index contributed by atoms with van der Waals surface area (Å²) >= 11 is 0. The number of nitriles is 1. The Morgan fingerprint density at radius 3 is 2.69 bits per heavy atom. The van der Waals surface area contributed by atoms with E-state index in [-0.39, 0.29) is 30.8 Å². The molecule has 5 nitrogen and oxygen atoms in total. The molecule has 2 aliphatic heterocycles. The number of hydrogen-bond acceptors (Lipinski definition) is 4. The highest BCUT2D eigenvalue weighted by Gasteiger charge is 2.44. The van der Waals surface area contributed by atoms with Gasteiger partial charge in [-0.1, -0.05) is 20.3 Å². The number of alkyl halides is 1. The number of likely N-dealkylation sites (tertiary alicyclic amines) is 2. The standard InChI is InChI=1S/C20H33FN4O/c1-20(2)15(13-24-8-4-3-5-9-24)6-7-18(20)23-12-19(26)25-14-16(21)10-17(25)11-22/h15-18,23H,3-10,12-14H2,1-2H3/t15-,16+,17+,18-/m1/s1. The maximum absolute atomic E-state index is 13.5. The summed E-state index contributed by atoms with van der Waals surface area (Å²) in [5.41, 5.74) is 0.139. The van der Waals surface area contributed by atoms with Gasteiger partial charge in [0.2, 0.25) is 5.91 Å². The summed E-state index contributed by atoms with van der Waals surface area (Å²) in [4.78, 5) is 16.5. The molecule has 6 heteroatoms. The van der Waals surface area contributed by atoms with Crippen LogP contribution in [-0.2, 0) is 4.79 Å². The zero-order chi connectivity index (χ0) is 18.7. The van der Waals surface area contributed by atoms with Crippen LogP contribution in [0.25, 0.3) is 0 Å². The average molecular weight is 365 g/mol. The molecule has 0 spiro atoms. The fourth-order valence-corrected chi connectivity index (χ4v) is 5.04. The Hall–Kier alpha value is -1.19. The van der Waals surface area contributed by atoms with E-state index in [4.69, 9.17) is 5.26 Å². The third-order valence-electron chi connectivity index (χ3n) is 6.90. The van der Waals surface area contributed by atoms with E-state index in [2.05, 4.69) is 30.1 Å². The molecule has 1 N–H and O–H groups in total. The Balaban J connectivity index is 1.50. The molecule has 1 saturated carbocycles. The van der Waals surface area contributed by atoms with Gasteiger partial charge in [-0.3, -0.25) is 4.79 Å². The molecule has 0 aromatic heterocycles. The van der Waals surface area contributed by atoms with Gasteiger partial charge in [0.05, 0.1) is 19.2 Å². The summed E-state index contributed by atoms with van der Waals surface area (Å²) in [5, 5.41) is 12.6. The fourth-order valence-electron chi connectivity index (χ4n) is 5.04. The number of carbonyl (C=O) groups excluding carboxylic acids is 1. The van der Waals surface area contributed by atoms with Crippen LogP contribution in [0.1, 0.15) is 52.4 Å². The normalized spacial score (nSPS) is 34.8. The second-order valence-electron chi connectivity index (χ2n) is 8.91. The number of nitrogens with one attached hydrogen (secondary N) is 1. The van der Waals surface area contributed by atoms with Crippen molar-refractivity contribution in [3.63, 3.8) is 0 Å². The third kappa shape index (κ3) is 4.20. The molecule has 3 fully saturated rings. The Morgan fingerprint density at radius 2 is 2.00 bits per heavy atom. The molecule has 2 saturated heterocycles. The van der Waals surface area contributed by atoms with E-state index in [1.54, 1.807) is 0 Å². The lowest BCUT2D eigenvalue weighted by Crippen LogP contribution is -2.48. The molecule has 1 amide bonds. The molecule has 146 valence electrons. The maximum Gasteiger partial charge on any atom is 0.237 e. The summed E-state index contributed by atoms with van der Waals surface area (Å²) in [6.45, 7) is 8.48. The van der Waals surface area contributed by atoms with E-state index in [0.717, 1.165) is 13.0 Å². The predicted molar refractivity (Wildman–Crippen MR) is 99.2 cm³/mol. The van der Waals surface area contributed by atoms with Crippen molar-refractivity contribution in [2.75, 3.05) is 32.7 Å². The van der Waals surface area contributed by atoms with Crippen molar-refractivity contribution in [3.05, 3.63) is 0 Å². The van der Waals surface area contributed by atoms with Gasteiger partial charge in [-0.25, -0.2) is 4.39 Å². The van der Waals surface area contributed by atoms with Gasteiger partial charge >= 0.3 is 0 Å². The zero-order valence-electron chi connectivity index (χ0n) is 16.2. The number of halogens is 1. The molecule has 0 aromatic carbocycles. The van der Waals surface area contributed by atoms with Gasteiger partial charge in [0.25, 0.3) is 0 Å². The second kappa shape index (κ2) is 8.22. The lowest BCUT2D eigenvalue weighted by molar-refractivity contribution is -0.130. The van der Waals surface area contributed by atoms with Crippen molar-refractivity contribution in [3.8, 4) is 6.07 Å². The minimum absolute atomic E-state index is 0.0599. The first-order valence-electron chi connectivity index (χ1n) is 10.2. The van der Waals surface area contributed by atoms with Crippen molar-refractivity contribution in [1.29, 1.82) is 5.26 Å². The summed E-state index contributed by atoms with van der Waals surface area (Å²) < 4.78 is 13.5. The summed E-state index contributed by atoms with van der Waals surface area (Å²) in [6, 6.07) is 1.74. The van der Waals surface area contributed by atoms with E-state index in [0.29, 0.717) is 12.0 Å². The maximum atomic E-state index is 13.5. The van der Waals surface area contributed by atoms with E-state index in [1.807, 2.05) is 0 Å². The lowest BCUT2D eigenvalue weighted by atomic mass is 9.78. The van der Waals surface area contributed by atoms with E-state index < -0.39 is 12.2 Å². The molecule has 0 radical (unpaired) electrons. The predicted octanol–water partition coefficient (Wildman–Crippen LogP) is 2.33. The monoisotopic (exact) mass is 364 g/mol. The highest BCUT2D eigenvalue weighted by molar-refractivity contribution is 5.79. The Kier molecular flexibility index (Phi) is 6.19. The quantitative estimate of drug-likeness (QED) is 0.813. The SMILES string of the molecule is CC1(C)[C@@H](CN2CCCCC2)CC[C@H]1NCC(=O)N1C[C@@H](F)C[C@H]1C#N. The molecule has 1 aliphatic carbocycles. The van der Waals surface area contributed by atoms with E-state index >= 15 is 0 Å². The van der Waals surface area contributed by atoms with Gasteiger partial charge in [0.1, 0.15) is 12.2 Å². The van der Waals surface area contributed by atoms with Crippen LogP contribution in [-0.4, -0.2) is 66.7 Å². The minimum Gasteiger partial charge on any atom is -0.323 e. The average Bonchev–Trinajstić information content (AvgIpc) is 3.14. The van der Waals surface area contributed by atoms with Crippen LogP contribution in [0.2, 0.25) is 0 Å². The van der Waals surface area contributed by atoms with Crippen LogP contribution in [0.3, 0.4) is 0 Å². The Bertz CT molecular complexity index is 540. The van der Waals surface area contributed by atoms with E-state index in [9.17, 15) is 9.18 Å². The molecule has 26 heavy (non-hydrogen) atoms. The Morgan fingerprint density at radius 1 is 1.27 bits per heavy atom. The topological polar surface area (TPSA) is 59.4 Å². The van der Waals surface area contributed by atoms with Crippen LogP contribution in [0.15, 0.2) is 0 Å². The van der Waals surface area contributed by atoms with Crippen LogP contribution in [0.4, 0.5) is 4.39 Å². The number of amides is 1. The van der Waals surface area contributed by atoms with Gasteiger partial charge in [0, 0.05) is 19.0 Å². The van der Waals surface area contributed by atoms with Crippen molar-refractivity contribution in [1.82, 2.24) is 15.1 Å². The highest BCUT2D eigenvalue weighted by atomic mass is 19.1. The molecular formula is C20H33FN4O. The number of piperidine rings is 1. The van der Waals surface area contributed by atoms with Crippen LogP contribution in [0.5, 0.6) is 0 Å². The molecule has 3 aliphatic rings. The number of carbonyl (C=O) groups is 1. The van der Waals surface area contributed by atoms with Gasteiger partial charge in [-0.15, -0.1) is 0 Å². The molecule has 2 heterocycles. The first-order valence-corrected chi connectivity index (χ1v) is 10.2. The second-order valence-corrected chi connectivity index (χ2v) is 8.91. The summed E-state index contributed by atoms with van der Waals surface area (Å²) in [7, 11) is 0. The van der Waals surface area contributed by atoms with Crippen molar-refractivity contribution in [2.45, 2.75) is 70.6 Å². The smallest absolute Gasteiger partial charge is 0.237 e. The molecular weight excluding hydrogens is 331 g/mol.